The summed E-state index contributed by atoms with van der Waals surface area (Å²) in [6.07, 6.45) is 1.44. The molecule has 1 saturated heterocycles. The van der Waals surface area contributed by atoms with Crippen molar-refractivity contribution in [2.45, 2.75) is 30.8 Å². The van der Waals surface area contributed by atoms with Crippen LogP contribution in [0.3, 0.4) is 0 Å². The van der Waals surface area contributed by atoms with Crippen molar-refractivity contribution in [3.05, 3.63) is 35.4 Å². The van der Waals surface area contributed by atoms with E-state index in [1.165, 1.54) is 0 Å². The highest BCUT2D eigenvalue weighted by Crippen LogP contribution is 2.33. The molecule has 20 heavy (non-hydrogen) atoms. The zero-order valence-corrected chi connectivity index (χ0v) is 10.9. The van der Waals surface area contributed by atoms with Gasteiger partial charge in [0.15, 0.2) is 0 Å². The van der Waals surface area contributed by atoms with Crippen molar-refractivity contribution in [3.8, 4) is 0 Å². The summed E-state index contributed by atoms with van der Waals surface area (Å²) in [5, 5.41) is 9.54. The van der Waals surface area contributed by atoms with Crippen LogP contribution in [-0.4, -0.2) is 30.3 Å². The molecule has 0 aliphatic carbocycles. The van der Waals surface area contributed by atoms with Gasteiger partial charge in [0.1, 0.15) is 17.0 Å². The number of nitrogens with two attached hydrogens (primary N) is 1. The van der Waals surface area contributed by atoms with Crippen molar-refractivity contribution >= 4 is 5.97 Å². The van der Waals surface area contributed by atoms with Crippen LogP contribution in [0.5, 0.6) is 0 Å². The smallest absolute Gasteiger partial charge is 0.315 e. The number of aliphatic carboxylic acids is 1. The van der Waals surface area contributed by atoms with Crippen LogP contribution in [0.2, 0.25) is 0 Å². The van der Waals surface area contributed by atoms with Gasteiger partial charge in [-0.25, -0.2) is 8.78 Å². The number of hydrogen-bond donors (Lipinski definition) is 2. The second-order valence-electron chi connectivity index (χ2n) is 5.09. The summed E-state index contributed by atoms with van der Waals surface area (Å²) < 4.78 is 32.2. The summed E-state index contributed by atoms with van der Waals surface area (Å²) in [6.45, 7) is 0.327. The van der Waals surface area contributed by atoms with Gasteiger partial charge in [-0.3, -0.25) is 4.79 Å². The zero-order valence-electron chi connectivity index (χ0n) is 10.9. The molecule has 1 aliphatic heterocycles. The minimum Gasteiger partial charge on any atom is -0.481 e. The van der Waals surface area contributed by atoms with Crippen LogP contribution in [0, 0.1) is 11.6 Å². The van der Waals surface area contributed by atoms with Crippen molar-refractivity contribution in [2.24, 2.45) is 5.73 Å². The quantitative estimate of drug-likeness (QED) is 0.865. The average Bonchev–Trinajstić information content (AvgIpc) is 2.87. The molecular formula is C14H17F2NO3. The molecule has 0 aromatic heterocycles. The van der Waals surface area contributed by atoms with E-state index < -0.39 is 23.0 Å². The molecule has 0 radical (unpaired) electrons. The molecule has 0 saturated carbocycles. The molecule has 6 heteroatoms. The van der Waals surface area contributed by atoms with Crippen molar-refractivity contribution in [3.63, 3.8) is 0 Å². The lowest BCUT2D eigenvalue weighted by atomic mass is 9.75. The Balaban J connectivity index is 2.41. The Hall–Kier alpha value is -1.53. The van der Waals surface area contributed by atoms with E-state index in [4.69, 9.17) is 10.5 Å². The normalized spacial score (nSPS) is 21.6. The maximum atomic E-state index is 13.4. The molecule has 2 atom stereocenters. The fourth-order valence-electron chi connectivity index (χ4n) is 2.64. The average molecular weight is 285 g/mol. The zero-order chi connectivity index (χ0) is 14.8. The molecule has 1 heterocycles. The summed E-state index contributed by atoms with van der Waals surface area (Å²) in [5.74, 6) is -2.82. The van der Waals surface area contributed by atoms with Gasteiger partial charge in [0.05, 0.1) is 6.10 Å². The van der Waals surface area contributed by atoms with Gasteiger partial charge in [-0.2, -0.15) is 0 Å². The maximum absolute atomic E-state index is 13.4. The highest BCUT2D eigenvalue weighted by atomic mass is 19.1. The number of ether oxygens (including phenoxy) is 1. The summed E-state index contributed by atoms with van der Waals surface area (Å²) in [7, 11) is 0. The third-order valence-corrected chi connectivity index (χ3v) is 3.77. The molecule has 0 bridgehead atoms. The maximum Gasteiger partial charge on any atom is 0.315 e. The summed E-state index contributed by atoms with van der Waals surface area (Å²) in [4.78, 5) is 11.7. The number of carbonyl (C=O) groups is 1. The third-order valence-electron chi connectivity index (χ3n) is 3.77. The van der Waals surface area contributed by atoms with Crippen molar-refractivity contribution in [2.75, 3.05) is 13.2 Å². The predicted molar refractivity (Wildman–Crippen MR) is 68.3 cm³/mol. The van der Waals surface area contributed by atoms with Gasteiger partial charge < -0.3 is 15.6 Å². The molecule has 4 nitrogen and oxygen atoms in total. The van der Waals surface area contributed by atoms with E-state index in [0.29, 0.717) is 12.7 Å². The standard InChI is InChI=1S/C14H17F2NO3/c15-10-4-9(5-11(16)6-10)14(8-17,13(18)19)7-12-2-1-3-20-12/h4-6,12H,1-3,7-8,17H2,(H,18,19). The minimum absolute atomic E-state index is 0.0421. The molecule has 1 aliphatic rings. The van der Waals surface area contributed by atoms with Crippen molar-refractivity contribution in [1.82, 2.24) is 0 Å². The number of halogens is 2. The highest BCUT2D eigenvalue weighted by molar-refractivity contribution is 5.82. The Labute approximate surface area is 115 Å². The monoisotopic (exact) mass is 285 g/mol. The molecule has 2 unspecified atom stereocenters. The van der Waals surface area contributed by atoms with Gasteiger partial charge >= 0.3 is 5.97 Å². The van der Waals surface area contributed by atoms with Gasteiger partial charge in [-0.1, -0.05) is 0 Å². The van der Waals surface area contributed by atoms with Crippen LogP contribution in [0.4, 0.5) is 8.78 Å². The second-order valence-corrected chi connectivity index (χ2v) is 5.09. The first kappa shape index (κ1) is 14.9. The predicted octanol–water partition coefficient (Wildman–Crippen LogP) is 1.81. The van der Waals surface area contributed by atoms with Gasteiger partial charge in [-0.15, -0.1) is 0 Å². The SMILES string of the molecule is NCC(CC1CCCO1)(C(=O)O)c1cc(F)cc(F)c1. The molecule has 0 amide bonds. The van der Waals surface area contributed by atoms with E-state index in [1.807, 2.05) is 0 Å². The van der Waals surface area contributed by atoms with Gasteiger partial charge in [-0.05, 0) is 37.0 Å². The first-order chi connectivity index (χ1) is 9.48. The van der Waals surface area contributed by atoms with Gasteiger partial charge in [0.25, 0.3) is 0 Å². The topological polar surface area (TPSA) is 72.5 Å². The fraction of sp³-hybridized carbons (Fsp3) is 0.500. The molecule has 0 spiro atoms. The van der Waals surface area contributed by atoms with Crippen LogP contribution >= 0.6 is 0 Å². The van der Waals surface area contributed by atoms with Crippen LogP contribution in [0.1, 0.15) is 24.8 Å². The summed E-state index contributed by atoms with van der Waals surface area (Å²) >= 11 is 0. The van der Waals surface area contributed by atoms with E-state index in [2.05, 4.69) is 0 Å². The lowest BCUT2D eigenvalue weighted by molar-refractivity contribution is -0.145. The number of hydrogen-bond acceptors (Lipinski definition) is 3. The minimum atomic E-state index is -1.53. The third kappa shape index (κ3) is 2.81. The van der Waals surface area contributed by atoms with Crippen LogP contribution < -0.4 is 5.73 Å². The van der Waals surface area contributed by atoms with Gasteiger partial charge in [0.2, 0.25) is 0 Å². The number of carboxylic acids is 1. The molecule has 2 rings (SSSR count). The van der Waals surface area contributed by atoms with E-state index in [9.17, 15) is 18.7 Å². The first-order valence-corrected chi connectivity index (χ1v) is 6.49. The summed E-state index contributed by atoms with van der Waals surface area (Å²) in [6, 6.07) is 2.76. The van der Waals surface area contributed by atoms with Crippen molar-refractivity contribution < 1.29 is 23.4 Å². The number of benzene rings is 1. The van der Waals surface area contributed by atoms with E-state index in [-0.39, 0.29) is 24.6 Å². The largest absolute Gasteiger partial charge is 0.481 e. The van der Waals surface area contributed by atoms with Crippen LogP contribution in [0.25, 0.3) is 0 Å². The fourth-order valence-corrected chi connectivity index (χ4v) is 2.64. The van der Waals surface area contributed by atoms with Crippen LogP contribution in [0.15, 0.2) is 18.2 Å². The number of carboxylic acid groups (broad SMARTS) is 1. The lowest BCUT2D eigenvalue weighted by Gasteiger charge is -2.30. The summed E-state index contributed by atoms with van der Waals surface area (Å²) in [5.41, 5.74) is 4.15. The van der Waals surface area contributed by atoms with E-state index in [0.717, 1.165) is 25.0 Å². The molecular weight excluding hydrogens is 268 g/mol. The molecule has 1 aromatic carbocycles. The Morgan fingerprint density at radius 3 is 2.50 bits per heavy atom. The first-order valence-electron chi connectivity index (χ1n) is 6.49. The Kier molecular flexibility index (Phi) is 4.35. The molecule has 1 fully saturated rings. The molecule has 110 valence electrons. The highest BCUT2D eigenvalue weighted by Gasteiger charge is 2.42. The number of rotatable bonds is 5. The van der Waals surface area contributed by atoms with E-state index in [1.54, 1.807) is 0 Å². The Morgan fingerprint density at radius 2 is 2.05 bits per heavy atom. The Bertz CT molecular complexity index is 483. The molecule has 1 aromatic rings. The second kappa shape index (κ2) is 5.85. The van der Waals surface area contributed by atoms with Crippen molar-refractivity contribution in [1.29, 1.82) is 0 Å². The van der Waals surface area contributed by atoms with E-state index >= 15 is 0 Å². The van der Waals surface area contributed by atoms with Gasteiger partial charge in [0, 0.05) is 19.2 Å². The lowest BCUT2D eigenvalue weighted by Crippen LogP contribution is -2.45. The van der Waals surface area contributed by atoms with Crippen LogP contribution in [-0.2, 0) is 14.9 Å². The molecule has 3 N–H and O–H groups in total. The Morgan fingerprint density at radius 1 is 1.40 bits per heavy atom.